The second-order valence-corrected chi connectivity index (χ2v) is 10.1. The zero-order valence-electron chi connectivity index (χ0n) is 20.3. The SMILES string of the molecule is CCc1cc(CC)c([S+](c2ccccc2)c2c(CC)cc(CC)cc2CC)c(CC)c1. The molecule has 0 fully saturated rings. The Labute approximate surface area is 193 Å². The smallest absolute Gasteiger partial charge is 0.0619 e. The summed E-state index contributed by atoms with van der Waals surface area (Å²) in [7, 11) is -0.0809. The van der Waals surface area contributed by atoms with Crippen LogP contribution in [0.3, 0.4) is 0 Å². The summed E-state index contributed by atoms with van der Waals surface area (Å²) in [6, 6.07) is 21.2. The molecule has 3 aromatic rings. The maximum absolute atomic E-state index is 2.48. The molecule has 0 heterocycles. The molecule has 0 aliphatic rings. The molecule has 0 aliphatic heterocycles. The van der Waals surface area contributed by atoms with Crippen molar-refractivity contribution in [3.05, 3.63) is 88.0 Å². The lowest BCUT2D eigenvalue weighted by atomic mass is 10.0. The molecule has 0 aromatic heterocycles. The summed E-state index contributed by atoms with van der Waals surface area (Å²) in [6.45, 7) is 13.9. The lowest BCUT2D eigenvalue weighted by molar-refractivity contribution is 0.953. The summed E-state index contributed by atoms with van der Waals surface area (Å²) in [5, 5.41) is 0. The van der Waals surface area contributed by atoms with Crippen LogP contribution in [-0.4, -0.2) is 0 Å². The van der Waals surface area contributed by atoms with E-state index in [-0.39, 0.29) is 10.9 Å². The van der Waals surface area contributed by atoms with Crippen LogP contribution in [0.25, 0.3) is 0 Å². The van der Waals surface area contributed by atoms with Crippen molar-refractivity contribution >= 4 is 10.9 Å². The van der Waals surface area contributed by atoms with Crippen molar-refractivity contribution in [1.82, 2.24) is 0 Å². The molecule has 0 spiro atoms. The van der Waals surface area contributed by atoms with E-state index in [1.54, 1.807) is 9.79 Å². The number of rotatable bonds is 9. The molecule has 164 valence electrons. The molecule has 0 amide bonds. The average molecular weight is 432 g/mol. The first-order valence-corrected chi connectivity index (χ1v) is 13.4. The average Bonchev–Trinajstić information content (AvgIpc) is 2.84. The fraction of sp³-hybridized carbons (Fsp3) is 0.400. The molecule has 0 saturated heterocycles. The minimum atomic E-state index is -0.0809. The predicted molar refractivity (Wildman–Crippen MR) is 138 cm³/mol. The van der Waals surface area contributed by atoms with E-state index in [9.17, 15) is 0 Å². The molecule has 3 rings (SSSR count). The van der Waals surface area contributed by atoms with Gasteiger partial charge in [0.25, 0.3) is 0 Å². The quantitative estimate of drug-likeness (QED) is 0.300. The van der Waals surface area contributed by atoms with E-state index in [2.05, 4.69) is 96.1 Å². The van der Waals surface area contributed by atoms with E-state index in [0.29, 0.717) is 0 Å². The first kappa shape index (κ1) is 23.7. The number of hydrogen-bond acceptors (Lipinski definition) is 0. The Bertz CT molecular complexity index is 887. The van der Waals surface area contributed by atoms with Crippen LogP contribution in [0.5, 0.6) is 0 Å². The summed E-state index contributed by atoms with van der Waals surface area (Å²) in [5.74, 6) is 0. The second-order valence-electron chi connectivity index (χ2n) is 8.23. The zero-order valence-corrected chi connectivity index (χ0v) is 21.2. The summed E-state index contributed by atoms with van der Waals surface area (Å²) in [4.78, 5) is 4.62. The molecule has 0 atom stereocenters. The first-order chi connectivity index (χ1) is 15.1. The minimum absolute atomic E-state index is 0.0809. The van der Waals surface area contributed by atoms with Crippen LogP contribution in [0, 0.1) is 0 Å². The van der Waals surface area contributed by atoms with Crippen molar-refractivity contribution in [2.75, 3.05) is 0 Å². The lowest BCUT2D eigenvalue weighted by Gasteiger charge is -2.20. The van der Waals surface area contributed by atoms with E-state index < -0.39 is 0 Å². The van der Waals surface area contributed by atoms with Gasteiger partial charge in [-0.2, -0.15) is 0 Å². The molecule has 0 N–H and O–H groups in total. The van der Waals surface area contributed by atoms with E-state index in [1.807, 2.05) is 0 Å². The molecule has 0 aliphatic carbocycles. The summed E-state index contributed by atoms with van der Waals surface area (Å²) < 4.78 is 0. The van der Waals surface area contributed by atoms with Crippen molar-refractivity contribution in [3.63, 3.8) is 0 Å². The fourth-order valence-electron chi connectivity index (χ4n) is 4.53. The van der Waals surface area contributed by atoms with Gasteiger partial charge < -0.3 is 0 Å². The molecular weight excluding hydrogens is 392 g/mol. The fourth-order valence-corrected chi connectivity index (χ4v) is 7.50. The predicted octanol–water partition coefficient (Wildman–Crippen LogP) is 8.16. The molecule has 0 radical (unpaired) electrons. The van der Waals surface area contributed by atoms with Crippen LogP contribution in [0.2, 0.25) is 0 Å². The van der Waals surface area contributed by atoms with Gasteiger partial charge >= 0.3 is 0 Å². The number of benzene rings is 3. The van der Waals surface area contributed by atoms with Crippen molar-refractivity contribution in [2.24, 2.45) is 0 Å². The molecule has 31 heavy (non-hydrogen) atoms. The summed E-state index contributed by atoms with van der Waals surface area (Å²) in [5.41, 5.74) is 9.09. The monoisotopic (exact) mass is 431 g/mol. The Kier molecular flexibility index (Phi) is 8.43. The van der Waals surface area contributed by atoms with Gasteiger partial charge in [-0.3, -0.25) is 0 Å². The van der Waals surface area contributed by atoms with Crippen molar-refractivity contribution < 1.29 is 0 Å². The standard InChI is InChI=1S/C30H39S/c1-7-22-18-24(9-3)29(25(10-4)19-22)31(28-16-14-13-15-17-28)30-26(11-5)20-23(8-2)21-27(30)12-6/h13-21H,7-12H2,1-6H3/q+1. The van der Waals surface area contributed by atoms with E-state index in [1.165, 1.54) is 38.3 Å². The zero-order chi connectivity index (χ0) is 22.4. The van der Waals surface area contributed by atoms with Crippen LogP contribution < -0.4 is 0 Å². The third kappa shape index (κ3) is 4.93. The third-order valence-electron chi connectivity index (χ3n) is 6.33. The maximum Gasteiger partial charge on any atom is 0.172 e. The Balaban J connectivity index is 2.42. The highest BCUT2D eigenvalue weighted by atomic mass is 32.2. The van der Waals surface area contributed by atoms with E-state index >= 15 is 0 Å². The van der Waals surface area contributed by atoms with Gasteiger partial charge in [0.05, 0.1) is 0 Å². The van der Waals surface area contributed by atoms with Gasteiger partial charge in [-0.25, -0.2) is 0 Å². The Morgan fingerprint density at radius 3 is 1.13 bits per heavy atom. The lowest BCUT2D eigenvalue weighted by Crippen LogP contribution is -2.16. The van der Waals surface area contributed by atoms with Crippen LogP contribution in [0.1, 0.15) is 74.9 Å². The topological polar surface area (TPSA) is 0 Å². The van der Waals surface area contributed by atoms with Crippen molar-refractivity contribution in [2.45, 2.75) is 94.8 Å². The van der Waals surface area contributed by atoms with E-state index in [0.717, 1.165) is 38.5 Å². The van der Waals surface area contributed by atoms with Gasteiger partial charge in [0.2, 0.25) is 0 Å². The van der Waals surface area contributed by atoms with E-state index in [4.69, 9.17) is 0 Å². The van der Waals surface area contributed by atoms with Crippen LogP contribution >= 0.6 is 0 Å². The second kappa shape index (κ2) is 11.0. The molecule has 0 saturated carbocycles. The highest BCUT2D eigenvalue weighted by Gasteiger charge is 2.37. The molecule has 3 aromatic carbocycles. The van der Waals surface area contributed by atoms with Gasteiger partial charge in [0, 0.05) is 22.3 Å². The maximum atomic E-state index is 2.48. The Hall–Kier alpha value is -1.99. The highest BCUT2D eigenvalue weighted by Crippen LogP contribution is 2.41. The Morgan fingerprint density at radius 2 is 0.839 bits per heavy atom. The van der Waals surface area contributed by atoms with Crippen LogP contribution in [0.4, 0.5) is 0 Å². The van der Waals surface area contributed by atoms with Gasteiger partial charge in [0.15, 0.2) is 14.7 Å². The minimum Gasteiger partial charge on any atom is -0.0619 e. The molecule has 0 bridgehead atoms. The van der Waals surface area contributed by atoms with Gasteiger partial charge in [0.1, 0.15) is 10.9 Å². The van der Waals surface area contributed by atoms with Crippen LogP contribution in [0.15, 0.2) is 69.3 Å². The van der Waals surface area contributed by atoms with Crippen molar-refractivity contribution in [3.8, 4) is 0 Å². The van der Waals surface area contributed by atoms with Gasteiger partial charge in [-0.1, -0.05) is 84.0 Å². The largest absolute Gasteiger partial charge is 0.172 e. The van der Waals surface area contributed by atoms with Gasteiger partial charge in [-0.15, -0.1) is 0 Å². The Morgan fingerprint density at radius 1 is 0.484 bits per heavy atom. The highest BCUT2D eigenvalue weighted by molar-refractivity contribution is 7.97. The van der Waals surface area contributed by atoms with Gasteiger partial charge in [-0.05, 0) is 61.8 Å². The molecular formula is C30H39S+. The van der Waals surface area contributed by atoms with Crippen LogP contribution in [-0.2, 0) is 49.4 Å². The molecule has 0 nitrogen and oxygen atoms in total. The number of hydrogen-bond donors (Lipinski definition) is 0. The first-order valence-electron chi connectivity index (χ1n) is 12.2. The number of aryl methyl sites for hydroxylation is 6. The normalized spacial score (nSPS) is 11.3. The third-order valence-corrected chi connectivity index (χ3v) is 8.94. The molecule has 1 heteroatoms. The summed E-state index contributed by atoms with van der Waals surface area (Å²) >= 11 is 0. The molecule has 0 unspecified atom stereocenters. The van der Waals surface area contributed by atoms with Crippen molar-refractivity contribution in [1.29, 1.82) is 0 Å². The summed E-state index contributed by atoms with van der Waals surface area (Å²) in [6.07, 6.45) is 6.55.